The van der Waals surface area contributed by atoms with Crippen molar-refractivity contribution in [1.82, 2.24) is 4.90 Å². The van der Waals surface area contributed by atoms with Crippen molar-refractivity contribution in [3.05, 3.63) is 59.6 Å². The van der Waals surface area contributed by atoms with Crippen molar-refractivity contribution in [2.75, 3.05) is 18.9 Å². The van der Waals surface area contributed by atoms with Gasteiger partial charge in [0.25, 0.3) is 15.9 Å². The number of sulfonamides is 1. The summed E-state index contributed by atoms with van der Waals surface area (Å²) in [6, 6.07) is 10.2. The molecule has 2 heterocycles. The summed E-state index contributed by atoms with van der Waals surface area (Å²) < 4.78 is 48.3. The minimum Gasteiger partial charge on any atom is -0.448 e. The van der Waals surface area contributed by atoms with Crippen LogP contribution in [0, 0.1) is 12.7 Å². The number of amides is 1. The molecule has 9 heteroatoms. The molecule has 4 rings (SSSR count). The van der Waals surface area contributed by atoms with Crippen molar-refractivity contribution in [2.45, 2.75) is 24.7 Å². The largest absolute Gasteiger partial charge is 0.448 e. The van der Waals surface area contributed by atoms with Gasteiger partial charge in [-0.3, -0.25) is 4.79 Å². The topological polar surface area (TPSA) is 92.0 Å². The number of carbonyl (C=O) groups excluding carboxylic acids is 1. The molecule has 1 N–H and O–H groups in total. The molecule has 1 aromatic heterocycles. The molecule has 0 aliphatic carbocycles. The van der Waals surface area contributed by atoms with Crippen molar-refractivity contribution in [1.29, 1.82) is 0 Å². The number of furan rings is 1. The summed E-state index contributed by atoms with van der Waals surface area (Å²) in [4.78, 5) is 14.5. The van der Waals surface area contributed by atoms with Crippen molar-refractivity contribution in [2.24, 2.45) is 4.40 Å². The van der Waals surface area contributed by atoms with Crippen LogP contribution in [0.3, 0.4) is 0 Å². The number of fused-ring (bicyclic) bond motifs is 1. The Bertz CT molecular complexity index is 1260. The molecule has 0 unspecified atom stereocenters. The highest BCUT2D eigenvalue weighted by molar-refractivity contribution is 7.90. The van der Waals surface area contributed by atoms with Crippen LogP contribution in [0.1, 0.15) is 29.0 Å². The molecule has 0 atom stereocenters. The summed E-state index contributed by atoms with van der Waals surface area (Å²) in [6.07, 6.45) is 1.50. The van der Waals surface area contributed by atoms with Gasteiger partial charge in [-0.25, -0.2) is 4.39 Å². The van der Waals surface area contributed by atoms with E-state index in [1.165, 1.54) is 30.3 Å². The van der Waals surface area contributed by atoms with Crippen LogP contribution in [0.4, 0.5) is 10.1 Å². The van der Waals surface area contributed by atoms with Gasteiger partial charge in [0.05, 0.1) is 4.90 Å². The molecule has 1 saturated heterocycles. The van der Waals surface area contributed by atoms with Crippen LogP contribution >= 0.6 is 0 Å². The molecule has 2 aromatic carbocycles. The van der Waals surface area contributed by atoms with E-state index in [9.17, 15) is 17.6 Å². The second kappa shape index (κ2) is 7.56. The summed E-state index contributed by atoms with van der Waals surface area (Å²) in [7, 11) is -2.02. The molecule has 1 aliphatic heterocycles. The van der Waals surface area contributed by atoms with Gasteiger partial charge in [-0.1, -0.05) is 12.1 Å². The van der Waals surface area contributed by atoms with Crippen LogP contribution < -0.4 is 5.32 Å². The zero-order valence-corrected chi connectivity index (χ0v) is 17.3. The number of benzene rings is 2. The summed E-state index contributed by atoms with van der Waals surface area (Å²) in [6.45, 7) is 2.46. The number of likely N-dealkylation sites (tertiary alicyclic amines) is 1. The van der Waals surface area contributed by atoms with E-state index >= 15 is 0 Å². The summed E-state index contributed by atoms with van der Waals surface area (Å²) >= 11 is 0. The highest BCUT2D eigenvalue weighted by Gasteiger charge is 2.22. The molecular weight excluding hydrogens is 409 g/mol. The Morgan fingerprint density at radius 2 is 1.93 bits per heavy atom. The van der Waals surface area contributed by atoms with E-state index in [0.29, 0.717) is 28.9 Å². The second-order valence-corrected chi connectivity index (χ2v) is 8.76. The molecule has 0 bridgehead atoms. The van der Waals surface area contributed by atoms with Gasteiger partial charge in [0.2, 0.25) is 0 Å². The molecule has 0 saturated carbocycles. The lowest BCUT2D eigenvalue weighted by Gasteiger charge is -2.11. The smallest absolute Gasteiger partial charge is 0.291 e. The van der Waals surface area contributed by atoms with Gasteiger partial charge in [0, 0.05) is 36.7 Å². The predicted octanol–water partition coefficient (Wildman–Crippen LogP) is 3.95. The lowest BCUT2D eigenvalue weighted by Crippen LogP contribution is -2.20. The fourth-order valence-corrected chi connectivity index (χ4v) is 4.52. The van der Waals surface area contributed by atoms with Gasteiger partial charge in [-0.2, -0.15) is 8.42 Å². The lowest BCUT2D eigenvalue weighted by molar-refractivity contribution is 0.0997. The van der Waals surface area contributed by atoms with Crippen LogP contribution in [0.5, 0.6) is 0 Å². The summed E-state index contributed by atoms with van der Waals surface area (Å²) in [5.41, 5.74) is 0.931. The van der Waals surface area contributed by atoms with Crippen LogP contribution in [-0.2, 0) is 10.0 Å². The van der Waals surface area contributed by atoms with Gasteiger partial charge >= 0.3 is 0 Å². The number of aryl methyl sites for hydroxylation is 1. The fourth-order valence-electron chi connectivity index (χ4n) is 3.42. The number of rotatable bonds is 4. The van der Waals surface area contributed by atoms with E-state index in [1.807, 2.05) is 11.9 Å². The van der Waals surface area contributed by atoms with Gasteiger partial charge in [0.15, 0.2) is 17.2 Å². The first-order valence-electron chi connectivity index (χ1n) is 9.40. The van der Waals surface area contributed by atoms with Gasteiger partial charge in [0.1, 0.15) is 5.84 Å². The van der Waals surface area contributed by atoms with Gasteiger partial charge in [-0.15, -0.1) is 4.40 Å². The number of amidine groups is 1. The second-order valence-electron chi connectivity index (χ2n) is 7.16. The van der Waals surface area contributed by atoms with Crippen LogP contribution in [0.25, 0.3) is 11.0 Å². The zero-order chi connectivity index (χ0) is 21.5. The van der Waals surface area contributed by atoms with Crippen LogP contribution in [0.15, 0.2) is 56.2 Å². The third-order valence-corrected chi connectivity index (χ3v) is 6.41. The molecule has 1 aliphatic rings. The van der Waals surface area contributed by atoms with E-state index in [2.05, 4.69) is 9.71 Å². The molecule has 156 valence electrons. The highest BCUT2D eigenvalue weighted by Crippen LogP contribution is 2.28. The minimum absolute atomic E-state index is 0.00229. The Balaban J connectivity index is 1.55. The van der Waals surface area contributed by atoms with Crippen molar-refractivity contribution in [3.8, 4) is 0 Å². The van der Waals surface area contributed by atoms with E-state index in [-0.39, 0.29) is 16.2 Å². The van der Waals surface area contributed by atoms with E-state index in [1.54, 1.807) is 19.1 Å². The maximum absolute atomic E-state index is 13.9. The first kappa shape index (κ1) is 20.1. The van der Waals surface area contributed by atoms with E-state index in [4.69, 9.17) is 4.42 Å². The Morgan fingerprint density at radius 1 is 1.20 bits per heavy atom. The third kappa shape index (κ3) is 3.68. The number of nitrogens with zero attached hydrogens (tertiary/aromatic N) is 2. The molecule has 7 nitrogen and oxygen atoms in total. The zero-order valence-electron chi connectivity index (χ0n) is 16.5. The number of halogens is 1. The van der Waals surface area contributed by atoms with E-state index in [0.717, 1.165) is 13.0 Å². The third-order valence-electron chi connectivity index (χ3n) is 5.09. The maximum atomic E-state index is 13.9. The minimum atomic E-state index is -3.83. The normalized spacial score (nSPS) is 15.8. The Kier molecular flexibility index (Phi) is 5.07. The number of anilines is 1. The standard InChI is InChI=1S/C21H20FN3O4S/c1-13-16-5-3-6-17(22)20(16)29-19(13)21(26)23-14-8-10-15(11-9-14)30(27,28)24-18-7-4-12-25(18)2/h3,5-6,8-11H,4,7,12H2,1-2H3,(H,23,26)/b24-18+. The Hall–Kier alpha value is -3.20. The fraction of sp³-hybridized carbons (Fsp3) is 0.238. The number of hydrogen-bond donors (Lipinski definition) is 1. The number of hydrogen-bond acceptors (Lipinski definition) is 4. The van der Waals surface area contributed by atoms with Crippen molar-refractivity contribution in [3.63, 3.8) is 0 Å². The number of carbonyl (C=O) groups is 1. The SMILES string of the molecule is Cc1c(C(=O)Nc2ccc(S(=O)(=O)/N=C3\CCCN3C)cc2)oc2c(F)cccc12. The maximum Gasteiger partial charge on any atom is 0.291 e. The first-order chi connectivity index (χ1) is 14.3. The molecule has 1 amide bonds. The molecular formula is C21H20FN3O4S. The van der Waals surface area contributed by atoms with Crippen molar-refractivity contribution >= 4 is 38.4 Å². The molecule has 30 heavy (non-hydrogen) atoms. The Labute approximate surface area is 173 Å². The lowest BCUT2D eigenvalue weighted by atomic mass is 10.1. The summed E-state index contributed by atoms with van der Waals surface area (Å²) in [5, 5.41) is 3.17. The van der Waals surface area contributed by atoms with E-state index < -0.39 is 21.7 Å². The quantitative estimate of drug-likeness (QED) is 0.678. The average molecular weight is 429 g/mol. The molecule has 1 fully saturated rings. The van der Waals surface area contributed by atoms with Crippen molar-refractivity contribution < 1.29 is 22.0 Å². The number of para-hydroxylation sites is 1. The average Bonchev–Trinajstić information content (AvgIpc) is 3.26. The molecule has 3 aromatic rings. The van der Waals surface area contributed by atoms with Crippen LogP contribution in [0.2, 0.25) is 0 Å². The summed E-state index contributed by atoms with van der Waals surface area (Å²) in [5.74, 6) is -0.548. The van der Waals surface area contributed by atoms with Gasteiger partial charge in [-0.05, 0) is 43.7 Å². The first-order valence-corrected chi connectivity index (χ1v) is 10.8. The Morgan fingerprint density at radius 3 is 2.57 bits per heavy atom. The monoisotopic (exact) mass is 429 g/mol. The highest BCUT2D eigenvalue weighted by atomic mass is 32.2. The predicted molar refractivity (Wildman–Crippen MR) is 112 cm³/mol. The molecule has 0 spiro atoms. The van der Waals surface area contributed by atoms with Crippen LogP contribution in [-0.4, -0.2) is 38.7 Å². The molecule has 0 radical (unpaired) electrons. The van der Waals surface area contributed by atoms with Gasteiger partial charge < -0.3 is 14.6 Å². The number of nitrogens with one attached hydrogen (secondary N) is 1.